The number of hydrogen-bond donors (Lipinski definition) is 0. The molecular formula is C19H20FN3O4. The molecule has 27 heavy (non-hydrogen) atoms. The third-order valence-electron chi connectivity index (χ3n) is 4.19. The molecule has 2 aromatic rings. The Bertz CT molecular complexity index is 1040. The Morgan fingerprint density at radius 1 is 1.33 bits per heavy atom. The largest absolute Gasteiger partial charge is 0.459 e. The van der Waals surface area contributed by atoms with Crippen LogP contribution in [0.4, 0.5) is 4.39 Å². The summed E-state index contributed by atoms with van der Waals surface area (Å²) in [5, 5.41) is 9.19. The Balaban J connectivity index is 2.86. The van der Waals surface area contributed by atoms with Crippen LogP contribution in [0.15, 0.2) is 21.7 Å². The molecule has 0 bridgehead atoms. The molecule has 0 N–H and O–H groups in total. The predicted octanol–water partition coefficient (Wildman–Crippen LogP) is 1.98. The van der Waals surface area contributed by atoms with E-state index in [1.807, 2.05) is 0 Å². The van der Waals surface area contributed by atoms with Gasteiger partial charge in [0, 0.05) is 18.3 Å². The van der Waals surface area contributed by atoms with Crippen LogP contribution in [0.5, 0.6) is 0 Å². The minimum atomic E-state index is -0.963. The number of benzene rings is 1. The smallest absolute Gasteiger partial charge is 0.339 e. The monoisotopic (exact) mass is 373 g/mol. The van der Waals surface area contributed by atoms with E-state index in [0.717, 1.165) is 12.1 Å². The van der Waals surface area contributed by atoms with E-state index in [2.05, 4.69) is 0 Å². The van der Waals surface area contributed by atoms with Crippen molar-refractivity contribution in [3.05, 3.63) is 61.2 Å². The number of nitriles is 1. The molecule has 0 aliphatic carbocycles. The summed E-state index contributed by atoms with van der Waals surface area (Å²) in [6.07, 6.45) is -0.00522. The highest BCUT2D eigenvalue weighted by molar-refractivity contribution is 5.93. The van der Waals surface area contributed by atoms with Gasteiger partial charge in [0.25, 0.3) is 5.56 Å². The second-order valence-electron chi connectivity index (χ2n) is 6.32. The number of aromatic nitrogens is 2. The first-order valence-corrected chi connectivity index (χ1v) is 8.40. The molecule has 7 nitrogen and oxygen atoms in total. The number of nitrogens with zero attached hydrogens (tertiary/aromatic N) is 3. The van der Waals surface area contributed by atoms with Gasteiger partial charge in [-0.3, -0.25) is 4.79 Å². The van der Waals surface area contributed by atoms with Gasteiger partial charge in [-0.05, 0) is 39.3 Å². The predicted molar refractivity (Wildman–Crippen MR) is 96.6 cm³/mol. The van der Waals surface area contributed by atoms with Crippen molar-refractivity contribution < 1.29 is 13.9 Å². The first kappa shape index (κ1) is 20.1. The lowest BCUT2D eigenvalue weighted by atomic mass is 10.1. The molecule has 1 heterocycles. The van der Waals surface area contributed by atoms with Crippen LogP contribution in [-0.4, -0.2) is 21.2 Å². The zero-order chi connectivity index (χ0) is 20.5. The summed E-state index contributed by atoms with van der Waals surface area (Å²) < 4.78 is 21.6. The molecule has 1 aromatic heterocycles. The number of hydrogen-bond acceptors (Lipinski definition) is 5. The number of carbonyl (C=O) groups excluding carboxylic acids is 1. The maximum Gasteiger partial charge on any atom is 0.339 e. The van der Waals surface area contributed by atoms with Crippen molar-refractivity contribution in [2.24, 2.45) is 7.05 Å². The Kier molecular flexibility index (Phi) is 5.64. The summed E-state index contributed by atoms with van der Waals surface area (Å²) in [6.45, 7) is 6.60. The molecule has 0 amide bonds. The Hall–Kier alpha value is -3.21. The van der Waals surface area contributed by atoms with E-state index in [9.17, 15) is 24.0 Å². The summed E-state index contributed by atoms with van der Waals surface area (Å²) in [4.78, 5) is 37.6. The molecule has 0 saturated heterocycles. The van der Waals surface area contributed by atoms with Gasteiger partial charge in [-0.2, -0.15) is 5.26 Å². The van der Waals surface area contributed by atoms with Gasteiger partial charge in [-0.25, -0.2) is 18.5 Å². The van der Waals surface area contributed by atoms with Gasteiger partial charge < -0.3 is 9.30 Å². The molecule has 0 unspecified atom stereocenters. The summed E-state index contributed by atoms with van der Waals surface area (Å²) in [5.74, 6) is -1.80. The summed E-state index contributed by atoms with van der Waals surface area (Å²) >= 11 is 0. The van der Waals surface area contributed by atoms with Gasteiger partial charge in [0.1, 0.15) is 11.9 Å². The molecule has 0 saturated carbocycles. The quantitative estimate of drug-likeness (QED) is 0.764. The van der Waals surface area contributed by atoms with Gasteiger partial charge >= 0.3 is 11.7 Å². The highest BCUT2D eigenvalue weighted by atomic mass is 19.1. The van der Waals surface area contributed by atoms with Crippen LogP contribution < -0.4 is 11.2 Å². The second-order valence-corrected chi connectivity index (χ2v) is 6.32. The fourth-order valence-electron chi connectivity index (χ4n) is 2.88. The van der Waals surface area contributed by atoms with Crippen LogP contribution >= 0.6 is 0 Å². The average molecular weight is 373 g/mol. The number of rotatable bonds is 4. The fraction of sp³-hybridized carbons (Fsp3) is 0.368. The van der Waals surface area contributed by atoms with Gasteiger partial charge in [-0.15, -0.1) is 0 Å². The van der Waals surface area contributed by atoms with Gasteiger partial charge in [0.05, 0.1) is 22.9 Å². The maximum absolute atomic E-state index is 14.6. The van der Waals surface area contributed by atoms with Crippen molar-refractivity contribution in [3.63, 3.8) is 0 Å². The molecule has 0 spiro atoms. The Morgan fingerprint density at radius 3 is 2.48 bits per heavy atom. The van der Waals surface area contributed by atoms with Crippen LogP contribution in [0.1, 0.15) is 48.0 Å². The third kappa shape index (κ3) is 3.53. The lowest BCUT2D eigenvalue weighted by Gasteiger charge is -2.15. The topological polar surface area (TPSA) is 94.1 Å². The number of halogens is 1. The minimum Gasteiger partial charge on any atom is -0.459 e. The van der Waals surface area contributed by atoms with Crippen LogP contribution in [0.25, 0.3) is 5.69 Å². The van der Waals surface area contributed by atoms with Crippen molar-refractivity contribution >= 4 is 5.97 Å². The molecule has 0 radical (unpaired) electrons. The first-order chi connectivity index (χ1) is 12.6. The summed E-state index contributed by atoms with van der Waals surface area (Å²) in [7, 11) is 1.49. The standard InChI is InChI=1S/C19H20FN3O4/c1-6-15-11(4)17(24)23(19(26)22(15)5)16-8-13(18(25)27-10(2)3)12(9-21)7-14(16)20/h7-8,10H,6H2,1-5H3. The molecule has 0 aliphatic heterocycles. The normalized spacial score (nSPS) is 10.7. The van der Waals surface area contributed by atoms with E-state index in [-0.39, 0.29) is 11.1 Å². The average Bonchev–Trinajstić information content (AvgIpc) is 2.61. The Labute approximate surface area is 155 Å². The van der Waals surface area contributed by atoms with Crippen LogP contribution in [0.2, 0.25) is 0 Å². The van der Waals surface area contributed by atoms with Crippen molar-refractivity contribution in [3.8, 4) is 11.8 Å². The van der Waals surface area contributed by atoms with Crippen LogP contribution in [-0.2, 0) is 18.2 Å². The number of carbonyl (C=O) groups is 1. The van der Waals surface area contributed by atoms with Crippen molar-refractivity contribution in [1.82, 2.24) is 9.13 Å². The van der Waals surface area contributed by atoms with Crippen molar-refractivity contribution in [1.29, 1.82) is 5.26 Å². The fourth-order valence-corrected chi connectivity index (χ4v) is 2.88. The van der Waals surface area contributed by atoms with Gasteiger partial charge in [-0.1, -0.05) is 6.92 Å². The SMILES string of the molecule is CCc1c(C)c(=O)n(-c2cc(C(=O)OC(C)C)c(C#N)cc2F)c(=O)n1C. The molecule has 0 atom stereocenters. The molecule has 1 aromatic carbocycles. The lowest BCUT2D eigenvalue weighted by molar-refractivity contribution is 0.0377. The van der Waals surface area contributed by atoms with Crippen molar-refractivity contribution in [2.45, 2.75) is 40.2 Å². The minimum absolute atomic E-state index is 0.214. The van der Waals surface area contributed by atoms with Gasteiger partial charge in [0.15, 0.2) is 0 Å². The molecule has 0 fully saturated rings. The zero-order valence-electron chi connectivity index (χ0n) is 15.8. The third-order valence-corrected chi connectivity index (χ3v) is 4.19. The van der Waals surface area contributed by atoms with E-state index in [0.29, 0.717) is 22.2 Å². The van der Waals surface area contributed by atoms with E-state index in [1.54, 1.807) is 33.8 Å². The highest BCUT2D eigenvalue weighted by Crippen LogP contribution is 2.19. The number of esters is 1. The number of ether oxygens (including phenoxy) is 1. The van der Waals surface area contributed by atoms with E-state index in [4.69, 9.17) is 4.74 Å². The molecule has 8 heteroatoms. The van der Waals surface area contributed by atoms with Gasteiger partial charge in [0.2, 0.25) is 0 Å². The highest BCUT2D eigenvalue weighted by Gasteiger charge is 2.22. The van der Waals surface area contributed by atoms with Crippen LogP contribution in [0, 0.1) is 24.1 Å². The maximum atomic E-state index is 14.6. The van der Waals surface area contributed by atoms with E-state index in [1.165, 1.54) is 11.6 Å². The molecule has 0 aliphatic rings. The molecule has 2 rings (SSSR count). The van der Waals surface area contributed by atoms with E-state index < -0.39 is 34.8 Å². The van der Waals surface area contributed by atoms with Crippen molar-refractivity contribution in [2.75, 3.05) is 0 Å². The van der Waals surface area contributed by atoms with E-state index >= 15 is 0 Å². The summed E-state index contributed by atoms with van der Waals surface area (Å²) in [5.41, 5.74) is -1.44. The first-order valence-electron chi connectivity index (χ1n) is 8.40. The van der Waals surface area contributed by atoms with Crippen LogP contribution in [0.3, 0.4) is 0 Å². The molecule has 142 valence electrons. The molecular weight excluding hydrogens is 353 g/mol. The summed E-state index contributed by atoms with van der Waals surface area (Å²) in [6, 6.07) is 3.55. The zero-order valence-corrected chi connectivity index (χ0v) is 15.8. The lowest BCUT2D eigenvalue weighted by Crippen LogP contribution is -2.41. The second kappa shape index (κ2) is 7.58. The Morgan fingerprint density at radius 2 is 1.96 bits per heavy atom.